The standard InChI is InChI=1S/C14H19N3O4.ClH/c1-15-8-10-5-6-16(9-10)14(18)12-7-11(21-2)3-4-13(12)17(19)20;/h3-4,7,10,15H,5-6,8-9H2,1-2H3;1H. The average Bonchev–Trinajstić information content (AvgIpc) is 2.94. The van der Waals surface area contributed by atoms with Crippen LogP contribution in [0.15, 0.2) is 18.2 Å². The minimum atomic E-state index is -0.534. The van der Waals surface area contributed by atoms with Crippen LogP contribution in [0, 0.1) is 16.0 Å². The first-order chi connectivity index (χ1) is 10.1. The highest BCUT2D eigenvalue weighted by Gasteiger charge is 2.30. The normalized spacial score (nSPS) is 17.0. The Balaban J connectivity index is 0.00000242. The number of nitrogens with zero attached hydrogens (tertiary/aromatic N) is 2. The van der Waals surface area contributed by atoms with Gasteiger partial charge in [0.1, 0.15) is 11.3 Å². The van der Waals surface area contributed by atoms with E-state index in [1.54, 1.807) is 4.90 Å². The lowest BCUT2D eigenvalue weighted by Gasteiger charge is -2.17. The minimum Gasteiger partial charge on any atom is -0.497 e. The molecule has 22 heavy (non-hydrogen) atoms. The maximum Gasteiger partial charge on any atom is 0.282 e. The summed E-state index contributed by atoms with van der Waals surface area (Å²) in [5.74, 6) is 0.526. The zero-order valence-electron chi connectivity index (χ0n) is 12.6. The van der Waals surface area contributed by atoms with Crippen molar-refractivity contribution in [1.82, 2.24) is 10.2 Å². The van der Waals surface area contributed by atoms with E-state index in [0.717, 1.165) is 13.0 Å². The predicted octanol–water partition coefficient (Wildman–Crippen LogP) is 1.71. The first kappa shape index (κ1) is 18.2. The number of carbonyl (C=O) groups is 1. The average molecular weight is 330 g/mol. The Hall–Kier alpha value is -1.86. The SMILES string of the molecule is CNCC1CCN(C(=O)c2cc(OC)ccc2[N+](=O)[O-])C1.Cl. The van der Waals surface area contributed by atoms with Crippen molar-refractivity contribution in [1.29, 1.82) is 0 Å². The number of benzene rings is 1. The van der Waals surface area contributed by atoms with Gasteiger partial charge < -0.3 is 15.0 Å². The molecule has 1 atom stereocenters. The van der Waals surface area contributed by atoms with Crippen LogP contribution in [0.5, 0.6) is 5.75 Å². The predicted molar refractivity (Wildman–Crippen MR) is 84.8 cm³/mol. The van der Waals surface area contributed by atoms with E-state index in [1.807, 2.05) is 7.05 Å². The molecule has 1 aliphatic rings. The molecule has 1 aromatic carbocycles. The lowest BCUT2D eigenvalue weighted by atomic mass is 10.1. The number of rotatable bonds is 5. The van der Waals surface area contributed by atoms with E-state index >= 15 is 0 Å². The number of amides is 1. The van der Waals surface area contributed by atoms with Crippen LogP contribution in [-0.4, -0.2) is 49.5 Å². The molecule has 1 saturated heterocycles. The quantitative estimate of drug-likeness (QED) is 0.656. The number of carbonyl (C=O) groups excluding carboxylic acids is 1. The number of halogens is 1. The second-order valence-electron chi connectivity index (χ2n) is 5.10. The van der Waals surface area contributed by atoms with Gasteiger partial charge in [-0.15, -0.1) is 12.4 Å². The molecule has 7 nitrogen and oxygen atoms in total. The van der Waals surface area contributed by atoms with Gasteiger partial charge in [-0.1, -0.05) is 0 Å². The lowest BCUT2D eigenvalue weighted by Crippen LogP contribution is -2.30. The van der Waals surface area contributed by atoms with Gasteiger partial charge in [0, 0.05) is 19.2 Å². The molecule has 2 rings (SSSR count). The first-order valence-corrected chi connectivity index (χ1v) is 6.83. The summed E-state index contributed by atoms with van der Waals surface area (Å²) in [6.45, 7) is 2.08. The minimum absolute atomic E-state index is 0. The van der Waals surface area contributed by atoms with Gasteiger partial charge in [0.2, 0.25) is 0 Å². The third kappa shape index (κ3) is 3.86. The molecule has 0 aliphatic carbocycles. The van der Waals surface area contributed by atoms with Crippen molar-refractivity contribution in [2.45, 2.75) is 6.42 Å². The molecule has 0 saturated carbocycles. The smallest absolute Gasteiger partial charge is 0.282 e. The first-order valence-electron chi connectivity index (χ1n) is 6.83. The topological polar surface area (TPSA) is 84.7 Å². The molecule has 1 fully saturated rings. The highest BCUT2D eigenvalue weighted by atomic mass is 35.5. The van der Waals surface area contributed by atoms with Gasteiger partial charge in [0.25, 0.3) is 11.6 Å². The fourth-order valence-electron chi connectivity index (χ4n) is 2.62. The zero-order valence-corrected chi connectivity index (χ0v) is 13.4. The second-order valence-corrected chi connectivity index (χ2v) is 5.10. The highest BCUT2D eigenvalue weighted by molar-refractivity contribution is 5.98. The summed E-state index contributed by atoms with van der Waals surface area (Å²) < 4.78 is 5.06. The Morgan fingerprint density at radius 2 is 2.27 bits per heavy atom. The van der Waals surface area contributed by atoms with Gasteiger partial charge in [0.15, 0.2) is 0 Å². The van der Waals surface area contributed by atoms with Gasteiger partial charge >= 0.3 is 0 Å². The molecule has 1 amide bonds. The summed E-state index contributed by atoms with van der Waals surface area (Å²) in [6, 6.07) is 4.24. The van der Waals surface area contributed by atoms with Gasteiger partial charge in [-0.2, -0.15) is 0 Å². The van der Waals surface area contributed by atoms with E-state index in [4.69, 9.17) is 4.74 Å². The van der Waals surface area contributed by atoms with Gasteiger partial charge in [-0.05, 0) is 38.1 Å². The van der Waals surface area contributed by atoms with Crippen LogP contribution in [0.2, 0.25) is 0 Å². The summed E-state index contributed by atoms with van der Waals surface area (Å²) in [5, 5.41) is 14.2. The molecule has 0 spiro atoms. The number of nitro benzene ring substituents is 1. The molecule has 0 bridgehead atoms. The van der Waals surface area contributed by atoms with Crippen LogP contribution < -0.4 is 10.1 Å². The number of ether oxygens (including phenoxy) is 1. The zero-order chi connectivity index (χ0) is 15.4. The van der Waals surface area contributed by atoms with E-state index in [9.17, 15) is 14.9 Å². The Morgan fingerprint density at radius 1 is 1.55 bits per heavy atom. The van der Waals surface area contributed by atoms with Crippen molar-refractivity contribution in [2.24, 2.45) is 5.92 Å². The van der Waals surface area contributed by atoms with E-state index in [2.05, 4.69) is 5.32 Å². The van der Waals surface area contributed by atoms with Crippen LogP contribution in [0.4, 0.5) is 5.69 Å². The van der Waals surface area contributed by atoms with E-state index in [-0.39, 0.29) is 29.6 Å². The monoisotopic (exact) mass is 329 g/mol. The molecule has 1 heterocycles. The van der Waals surface area contributed by atoms with Crippen LogP contribution in [0.25, 0.3) is 0 Å². The van der Waals surface area contributed by atoms with Gasteiger partial charge in [0.05, 0.1) is 12.0 Å². The van der Waals surface area contributed by atoms with E-state index < -0.39 is 4.92 Å². The van der Waals surface area contributed by atoms with Gasteiger partial charge in [-0.25, -0.2) is 0 Å². The van der Waals surface area contributed by atoms with Crippen molar-refractivity contribution in [3.05, 3.63) is 33.9 Å². The van der Waals surface area contributed by atoms with Crippen LogP contribution in [0.3, 0.4) is 0 Å². The largest absolute Gasteiger partial charge is 0.497 e. The molecular weight excluding hydrogens is 310 g/mol. The molecule has 0 aromatic heterocycles. The summed E-state index contributed by atoms with van der Waals surface area (Å²) >= 11 is 0. The summed E-state index contributed by atoms with van der Waals surface area (Å²) in [6.07, 6.45) is 0.907. The summed E-state index contributed by atoms with van der Waals surface area (Å²) in [4.78, 5) is 24.8. The molecule has 1 aliphatic heterocycles. The molecule has 1 aromatic rings. The molecule has 0 radical (unpaired) electrons. The summed E-state index contributed by atoms with van der Waals surface area (Å²) in [7, 11) is 3.34. The van der Waals surface area contributed by atoms with Crippen molar-refractivity contribution >= 4 is 24.0 Å². The maximum absolute atomic E-state index is 12.5. The molecule has 122 valence electrons. The van der Waals surface area contributed by atoms with Crippen molar-refractivity contribution in [3.63, 3.8) is 0 Å². The Kier molecular flexibility index (Phi) is 6.58. The number of nitrogens with one attached hydrogen (secondary N) is 1. The maximum atomic E-state index is 12.5. The van der Waals surface area contributed by atoms with Crippen LogP contribution >= 0.6 is 12.4 Å². The number of nitro groups is 1. The number of hydrogen-bond acceptors (Lipinski definition) is 5. The Labute approximate surface area is 135 Å². The van der Waals surface area contributed by atoms with E-state index in [0.29, 0.717) is 24.8 Å². The molecular formula is C14H20ClN3O4. The lowest BCUT2D eigenvalue weighted by molar-refractivity contribution is -0.385. The Bertz CT molecular complexity index is 553. The van der Waals surface area contributed by atoms with Crippen molar-refractivity contribution in [2.75, 3.05) is 33.8 Å². The third-order valence-electron chi connectivity index (χ3n) is 3.70. The fraction of sp³-hybridized carbons (Fsp3) is 0.500. The number of likely N-dealkylation sites (tertiary alicyclic amines) is 1. The second kappa shape index (κ2) is 7.95. The highest BCUT2D eigenvalue weighted by Crippen LogP contribution is 2.27. The molecule has 1 N–H and O–H groups in total. The van der Waals surface area contributed by atoms with Gasteiger partial charge in [-0.3, -0.25) is 14.9 Å². The number of methoxy groups -OCH3 is 1. The molecule has 8 heteroatoms. The third-order valence-corrected chi connectivity index (χ3v) is 3.70. The van der Waals surface area contributed by atoms with E-state index in [1.165, 1.54) is 25.3 Å². The van der Waals surface area contributed by atoms with Crippen LogP contribution in [-0.2, 0) is 0 Å². The summed E-state index contributed by atoms with van der Waals surface area (Å²) in [5.41, 5.74) is -0.0951. The van der Waals surface area contributed by atoms with Crippen molar-refractivity contribution < 1.29 is 14.5 Å². The number of hydrogen-bond donors (Lipinski definition) is 1. The molecule has 1 unspecified atom stereocenters. The Morgan fingerprint density at radius 3 is 2.86 bits per heavy atom. The van der Waals surface area contributed by atoms with Crippen molar-refractivity contribution in [3.8, 4) is 5.75 Å². The fourth-order valence-corrected chi connectivity index (χ4v) is 2.62. The van der Waals surface area contributed by atoms with Crippen LogP contribution in [0.1, 0.15) is 16.8 Å².